The molecule has 2 aliphatic rings. The van der Waals surface area contributed by atoms with Crippen molar-refractivity contribution in [2.75, 3.05) is 0 Å². The largest absolute Gasteiger partial charge is 0.0996 e. The van der Waals surface area contributed by atoms with Gasteiger partial charge in [-0.05, 0) is 43.4 Å². The van der Waals surface area contributed by atoms with E-state index in [4.69, 9.17) is 0 Å². The predicted octanol–water partition coefficient (Wildman–Crippen LogP) is 4.17. The van der Waals surface area contributed by atoms with Crippen LogP contribution in [0.3, 0.4) is 0 Å². The van der Waals surface area contributed by atoms with Gasteiger partial charge in [0.1, 0.15) is 0 Å². The van der Waals surface area contributed by atoms with Crippen molar-refractivity contribution < 1.29 is 0 Å². The standard InChI is InChI=1S/C13H22/c1-3-10(2)13-8-11-5-4-6-12(7-11)9-13/h11-13H,2-9H2,1H3. The van der Waals surface area contributed by atoms with Crippen molar-refractivity contribution in [3.05, 3.63) is 12.2 Å². The highest BCUT2D eigenvalue weighted by Gasteiger charge is 2.32. The van der Waals surface area contributed by atoms with Crippen LogP contribution in [0.2, 0.25) is 0 Å². The van der Waals surface area contributed by atoms with Crippen molar-refractivity contribution in [3.8, 4) is 0 Å². The lowest BCUT2D eigenvalue weighted by molar-refractivity contribution is 0.152. The van der Waals surface area contributed by atoms with Crippen LogP contribution in [-0.4, -0.2) is 0 Å². The van der Waals surface area contributed by atoms with Crippen LogP contribution >= 0.6 is 0 Å². The number of hydrogen-bond donors (Lipinski definition) is 0. The van der Waals surface area contributed by atoms with Gasteiger partial charge in [0, 0.05) is 0 Å². The Labute approximate surface area is 82.4 Å². The maximum atomic E-state index is 4.22. The van der Waals surface area contributed by atoms with Gasteiger partial charge in [-0.3, -0.25) is 0 Å². The van der Waals surface area contributed by atoms with Crippen molar-refractivity contribution in [3.63, 3.8) is 0 Å². The zero-order valence-electron chi connectivity index (χ0n) is 8.89. The minimum Gasteiger partial charge on any atom is -0.0996 e. The quantitative estimate of drug-likeness (QED) is 0.557. The number of rotatable bonds is 2. The van der Waals surface area contributed by atoms with Crippen LogP contribution in [-0.2, 0) is 0 Å². The van der Waals surface area contributed by atoms with Gasteiger partial charge in [-0.25, -0.2) is 0 Å². The summed E-state index contributed by atoms with van der Waals surface area (Å²) in [4.78, 5) is 0. The molecule has 74 valence electrons. The second kappa shape index (κ2) is 3.86. The molecule has 0 spiro atoms. The Kier molecular flexibility index (Phi) is 2.76. The van der Waals surface area contributed by atoms with Gasteiger partial charge in [0.25, 0.3) is 0 Å². The maximum Gasteiger partial charge on any atom is -0.0201 e. The average molecular weight is 178 g/mol. The van der Waals surface area contributed by atoms with Crippen LogP contribution in [0.1, 0.15) is 51.9 Å². The van der Waals surface area contributed by atoms with Gasteiger partial charge >= 0.3 is 0 Å². The molecule has 0 heteroatoms. The van der Waals surface area contributed by atoms with Crippen LogP contribution in [0, 0.1) is 17.8 Å². The van der Waals surface area contributed by atoms with Crippen molar-refractivity contribution in [2.24, 2.45) is 17.8 Å². The Morgan fingerprint density at radius 2 is 1.77 bits per heavy atom. The zero-order valence-corrected chi connectivity index (χ0v) is 8.89. The van der Waals surface area contributed by atoms with Crippen molar-refractivity contribution in [1.82, 2.24) is 0 Å². The summed E-state index contributed by atoms with van der Waals surface area (Å²) in [6.45, 7) is 6.48. The van der Waals surface area contributed by atoms with Crippen molar-refractivity contribution in [1.29, 1.82) is 0 Å². The normalized spacial score (nSPS) is 38.7. The van der Waals surface area contributed by atoms with Crippen molar-refractivity contribution >= 4 is 0 Å². The fraction of sp³-hybridized carbons (Fsp3) is 0.846. The van der Waals surface area contributed by atoms with Gasteiger partial charge < -0.3 is 0 Å². The van der Waals surface area contributed by atoms with E-state index in [0.717, 1.165) is 17.8 Å². The SMILES string of the molecule is C=C(CC)C1CC2CCCC(C2)C1. The molecule has 2 unspecified atom stereocenters. The molecular weight excluding hydrogens is 156 g/mol. The summed E-state index contributed by atoms with van der Waals surface area (Å²) in [6.07, 6.45) is 10.2. The van der Waals surface area contributed by atoms with E-state index in [0.29, 0.717) is 0 Å². The fourth-order valence-corrected chi connectivity index (χ4v) is 3.35. The average Bonchev–Trinajstić information content (AvgIpc) is 2.16. The number of allylic oxidation sites excluding steroid dienone is 1. The van der Waals surface area contributed by atoms with Gasteiger partial charge in [0.2, 0.25) is 0 Å². The smallest absolute Gasteiger partial charge is 0.0201 e. The minimum absolute atomic E-state index is 0.883. The summed E-state index contributed by atoms with van der Waals surface area (Å²) in [5, 5.41) is 0. The highest BCUT2D eigenvalue weighted by atomic mass is 14.4. The van der Waals surface area contributed by atoms with Crippen LogP contribution in [0.5, 0.6) is 0 Å². The van der Waals surface area contributed by atoms with E-state index >= 15 is 0 Å². The molecule has 2 rings (SSSR count). The third-order valence-corrected chi connectivity index (χ3v) is 4.16. The molecule has 0 N–H and O–H groups in total. The predicted molar refractivity (Wildman–Crippen MR) is 57.6 cm³/mol. The molecule has 0 radical (unpaired) electrons. The lowest BCUT2D eigenvalue weighted by Gasteiger charge is -2.39. The molecular formula is C13H22. The van der Waals surface area contributed by atoms with Gasteiger partial charge in [-0.2, -0.15) is 0 Å². The van der Waals surface area contributed by atoms with Crippen LogP contribution in [0.25, 0.3) is 0 Å². The molecule has 0 nitrogen and oxygen atoms in total. The van der Waals surface area contributed by atoms with Crippen molar-refractivity contribution in [2.45, 2.75) is 51.9 Å². The third kappa shape index (κ3) is 1.98. The summed E-state index contributed by atoms with van der Waals surface area (Å²) in [6, 6.07) is 0. The van der Waals surface area contributed by atoms with Crippen LogP contribution in [0.4, 0.5) is 0 Å². The molecule has 0 aromatic heterocycles. The van der Waals surface area contributed by atoms with Gasteiger partial charge in [0.05, 0.1) is 0 Å². The summed E-state index contributed by atoms with van der Waals surface area (Å²) >= 11 is 0. The highest BCUT2D eigenvalue weighted by Crippen LogP contribution is 2.44. The molecule has 0 aromatic carbocycles. The van der Waals surface area contributed by atoms with E-state index in [2.05, 4.69) is 13.5 Å². The lowest BCUT2D eigenvalue weighted by Crippen LogP contribution is -2.27. The molecule has 2 fully saturated rings. The van der Waals surface area contributed by atoms with Gasteiger partial charge in [-0.15, -0.1) is 0 Å². The summed E-state index contributed by atoms with van der Waals surface area (Å²) in [5.41, 5.74) is 1.52. The molecule has 0 aromatic rings. The second-order valence-corrected chi connectivity index (χ2v) is 5.08. The van der Waals surface area contributed by atoms with Crippen LogP contribution < -0.4 is 0 Å². The number of hydrogen-bond acceptors (Lipinski definition) is 0. The maximum absolute atomic E-state index is 4.22. The minimum atomic E-state index is 0.883. The van der Waals surface area contributed by atoms with E-state index in [1.54, 1.807) is 0 Å². The zero-order chi connectivity index (χ0) is 9.26. The first kappa shape index (κ1) is 9.30. The highest BCUT2D eigenvalue weighted by molar-refractivity contribution is 5.03. The van der Waals surface area contributed by atoms with Gasteiger partial charge in [0.15, 0.2) is 0 Å². The molecule has 2 bridgehead atoms. The van der Waals surface area contributed by atoms with Gasteiger partial charge in [-0.1, -0.05) is 38.3 Å². The molecule has 0 heterocycles. The molecule has 0 saturated heterocycles. The topological polar surface area (TPSA) is 0 Å². The number of fused-ring (bicyclic) bond motifs is 2. The second-order valence-electron chi connectivity index (χ2n) is 5.08. The first-order valence-electron chi connectivity index (χ1n) is 5.97. The molecule has 2 aliphatic carbocycles. The first-order valence-corrected chi connectivity index (χ1v) is 5.97. The molecule has 13 heavy (non-hydrogen) atoms. The Morgan fingerprint density at radius 1 is 1.15 bits per heavy atom. The van der Waals surface area contributed by atoms with E-state index < -0.39 is 0 Å². The summed E-state index contributed by atoms with van der Waals surface area (Å²) < 4.78 is 0. The summed E-state index contributed by atoms with van der Waals surface area (Å²) in [5.74, 6) is 3.00. The Bertz CT molecular complexity index is 180. The molecule has 2 saturated carbocycles. The van der Waals surface area contributed by atoms with E-state index in [9.17, 15) is 0 Å². The monoisotopic (exact) mass is 178 g/mol. The fourth-order valence-electron chi connectivity index (χ4n) is 3.35. The van der Waals surface area contributed by atoms with E-state index in [1.165, 1.54) is 50.5 Å². The molecule has 0 amide bonds. The Morgan fingerprint density at radius 3 is 2.31 bits per heavy atom. The van der Waals surface area contributed by atoms with Crippen LogP contribution in [0.15, 0.2) is 12.2 Å². The van der Waals surface area contributed by atoms with E-state index in [-0.39, 0.29) is 0 Å². The summed E-state index contributed by atoms with van der Waals surface area (Å²) in [7, 11) is 0. The first-order chi connectivity index (χ1) is 6.29. The van der Waals surface area contributed by atoms with E-state index in [1.807, 2.05) is 0 Å². The lowest BCUT2D eigenvalue weighted by atomic mass is 9.66. The Hall–Kier alpha value is -0.260. The molecule has 2 atom stereocenters. The third-order valence-electron chi connectivity index (χ3n) is 4.16. The molecule has 0 aliphatic heterocycles. The Balaban J connectivity index is 1.97.